The van der Waals surface area contributed by atoms with Crippen LogP contribution in [0, 0.1) is 0 Å². The van der Waals surface area contributed by atoms with Crippen molar-refractivity contribution in [1.82, 2.24) is 19.5 Å². The molecule has 4 atom stereocenters. The van der Waals surface area contributed by atoms with Crippen LogP contribution in [-0.4, -0.2) is 59.8 Å². The number of aromatic nitrogens is 4. The van der Waals surface area contributed by atoms with Gasteiger partial charge in [0.2, 0.25) is 5.95 Å². The van der Waals surface area contributed by atoms with E-state index >= 15 is 0 Å². The summed E-state index contributed by atoms with van der Waals surface area (Å²) < 4.78 is 13.3. The van der Waals surface area contributed by atoms with E-state index in [1.165, 1.54) is 10.9 Å². The first kappa shape index (κ1) is 23.0. The van der Waals surface area contributed by atoms with Crippen LogP contribution in [0.5, 0.6) is 5.75 Å². The predicted octanol–water partition coefficient (Wildman–Crippen LogP) is 1.21. The third kappa shape index (κ3) is 4.49. The molecule has 0 bridgehead atoms. The van der Waals surface area contributed by atoms with Gasteiger partial charge in [-0.15, -0.1) is 0 Å². The molecule has 4 aromatic rings. The highest BCUT2D eigenvalue weighted by Crippen LogP contribution is 2.35. The van der Waals surface area contributed by atoms with Crippen molar-refractivity contribution in [3.8, 4) is 5.75 Å². The van der Waals surface area contributed by atoms with Gasteiger partial charge in [0.25, 0.3) is 0 Å². The number of para-hydroxylation sites is 1. The number of rotatable bonds is 8. The number of hydrogen-bond acceptors (Lipinski definition) is 10. The van der Waals surface area contributed by atoms with Gasteiger partial charge in [0, 0.05) is 12.1 Å². The monoisotopic (exact) mass is 478 g/mol. The highest BCUT2D eigenvalue weighted by Gasteiger charge is 2.45. The minimum Gasteiger partial charge on any atom is -0.489 e. The molecule has 11 nitrogen and oxygen atoms in total. The second kappa shape index (κ2) is 9.84. The van der Waals surface area contributed by atoms with E-state index in [9.17, 15) is 15.3 Å². The number of ether oxygens (including phenoxy) is 2. The lowest BCUT2D eigenvalue weighted by Gasteiger charge is -2.20. The molecule has 1 aliphatic rings. The molecule has 6 N–H and O–H groups in total. The maximum absolute atomic E-state index is 10.6. The predicted molar refractivity (Wildman–Crippen MR) is 127 cm³/mol. The second-order valence-corrected chi connectivity index (χ2v) is 8.20. The minimum atomic E-state index is -1.32. The smallest absolute Gasteiger partial charge is 0.207 e. The largest absolute Gasteiger partial charge is 0.489 e. The molecular formula is C24H26N6O5. The Morgan fingerprint density at radius 3 is 2.57 bits per heavy atom. The molecule has 1 aliphatic heterocycles. The molecule has 0 aliphatic carbocycles. The van der Waals surface area contributed by atoms with E-state index in [4.69, 9.17) is 15.2 Å². The Bertz CT molecular complexity index is 1300. The average molecular weight is 479 g/mol. The standard InChI is InChI=1S/C24H26N6O5/c25-21-18-22(28-13-27-21)30(23-20(33)19(32)17(11-31)35-23)24(29-18)26-10-15-8-4-5-9-16(15)34-12-14-6-2-1-3-7-14/h1-9,13,17,19-20,23,31-33H,10-12H2,(H,26,29)(H2,25,27,28)/t17-,19-,20-,23-/m1/s1. The number of nitrogens with two attached hydrogens (primary N) is 1. The van der Waals surface area contributed by atoms with Crippen molar-refractivity contribution in [2.45, 2.75) is 37.7 Å². The van der Waals surface area contributed by atoms with Crippen LogP contribution >= 0.6 is 0 Å². The number of aliphatic hydroxyl groups excluding tert-OH is 3. The van der Waals surface area contributed by atoms with Crippen LogP contribution in [-0.2, 0) is 17.9 Å². The fourth-order valence-electron chi connectivity index (χ4n) is 4.09. The van der Waals surface area contributed by atoms with Crippen LogP contribution in [0.4, 0.5) is 11.8 Å². The van der Waals surface area contributed by atoms with Gasteiger partial charge in [-0.1, -0.05) is 48.5 Å². The lowest BCUT2D eigenvalue weighted by atomic mass is 10.1. The number of anilines is 2. The van der Waals surface area contributed by atoms with E-state index in [0.717, 1.165) is 11.1 Å². The summed E-state index contributed by atoms with van der Waals surface area (Å²) in [6, 6.07) is 17.5. The molecule has 0 saturated carbocycles. The zero-order chi connectivity index (χ0) is 24.4. The molecule has 0 unspecified atom stereocenters. The molecule has 0 radical (unpaired) electrons. The number of benzene rings is 2. The van der Waals surface area contributed by atoms with Gasteiger partial charge in [-0.25, -0.2) is 15.0 Å². The summed E-state index contributed by atoms with van der Waals surface area (Å²) in [6.45, 7) is 0.300. The molecule has 35 heavy (non-hydrogen) atoms. The summed E-state index contributed by atoms with van der Waals surface area (Å²) in [6.07, 6.45) is -3.31. The molecule has 0 spiro atoms. The number of fused-ring (bicyclic) bond motifs is 1. The lowest BCUT2D eigenvalue weighted by Crippen LogP contribution is -2.33. The number of nitrogens with one attached hydrogen (secondary N) is 1. The van der Waals surface area contributed by atoms with Gasteiger partial charge < -0.3 is 35.8 Å². The third-order valence-electron chi connectivity index (χ3n) is 5.92. The van der Waals surface area contributed by atoms with Crippen molar-refractivity contribution in [2.75, 3.05) is 17.7 Å². The van der Waals surface area contributed by atoms with Gasteiger partial charge in [0.05, 0.1) is 6.61 Å². The topological polar surface area (TPSA) is 161 Å². The van der Waals surface area contributed by atoms with E-state index < -0.39 is 31.1 Å². The zero-order valence-corrected chi connectivity index (χ0v) is 18.7. The Morgan fingerprint density at radius 2 is 1.80 bits per heavy atom. The molecule has 2 aromatic heterocycles. The first-order valence-electron chi connectivity index (χ1n) is 11.2. The third-order valence-corrected chi connectivity index (χ3v) is 5.92. The molecule has 2 aromatic carbocycles. The van der Waals surface area contributed by atoms with Crippen molar-refractivity contribution < 1.29 is 24.8 Å². The highest BCUT2D eigenvalue weighted by molar-refractivity contribution is 5.84. The van der Waals surface area contributed by atoms with E-state index in [2.05, 4.69) is 20.3 Å². The van der Waals surface area contributed by atoms with Crippen LogP contribution < -0.4 is 15.8 Å². The quantitative estimate of drug-likeness (QED) is 0.249. The van der Waals surface area contributed by atoms with Gasteiger partial charge in [0.1, 0.15) is 37.0 Å². The zero-order valence-electron chi connectivity index (χ0n) is 18.7. The van der Waals surface area contributed by atoms with Crippen molar-refractivity contribution in [3.63, 3.8) is 0 Å². The van der Waals surface area contributed by atoms with E-state index in [-0.39, 0.29) is 5.82 Å². The number of aliphatic hydroxyl groups is 3. The summed E-state index contributed by atoms with van der Waals surface area (Å²) in [5, 5.41) is 33.7. The molecular weight excluding hydrogens is 452 g/mol. The minimum absolute atomic E-state index is 0.162. The van der Waals surface area contributed by atoms with Crippen molar-refractivity contribution in [3.05, 3.63) is 72.1 Å². The second-order valence-electron chi connectivity index (χ2n) is 8.20. The van der Waals surface area contributed by atoms with Crippen LogP contribution in [0.1, 0.15) is 17.4 Å². The Balaban J connectivity index is 1.43. The maximum Gasteiger partial charge on any atom is 0.207 e. The SMILES string of the molecule is Nc1ncnc2c1nc(NCc1ccccc1OCc1ccccc1)n2[C@@H]1O[C@H](CO)[C@@H](O)[C@H]1O. The van der Waals surface area contributed by atoms with Crippen LogP contribution in [0.25, 0.3) is 11.2 Å². The Morgan fingerprint density at radius 1 is 1.03 bits per heavy atom. The van der Waals surface area contributed by atoms with Crippen molar-refractivity contribution >= 4 is 22.9 Å². The lowest BCUT2D eigenvalue weighted by molar-refractivity contribution is -0.0501. The average Bonchev–Trinajstić information content (AvgIpc) is 3.40. The Hall–Kier alpha value is -3.77. The summed E-state index contributed by atoms with van der Waals surface area (Å²) in [5.74, 6) is 1.17. The number of hydrogen-bond donors (Lipinski definition) is 5. The van der Waals surface area contributed by atoms with Crippen molar-refractivity contribution in [2.24, 2.45) is 0 Å². The fourth-order valence-corrected chi connectivity index (χ4v) is 4.09. The number of imidazole rings is 1. The van der Waals surface area contributed by atoms with Gasteiger partial charge in [0.15, 0.2) is 23.2 Å². The molecule has 3 heterocycles. The molecule has 1 saturated heterocycles. The van der Waals surface area contributed by atoms with E-state index in [1.807, 2.05) is 54.6 Å². The van der Waals surface area contributed by atoms with Crippen LogP contribution in [0.3, 0.4) is 0 Å². The molecule has 182 valence electrons. The van der Waals surface area contributed by atoms with Crippen molar-refractivity contribution in [1.29, 1.82) is 0 Å². The van der Waals surface area contributed by atoms with Crippen LogP contribution in [0.15, 0.2) is 60.9 Å². The summed E-state index contributed by atoms with van der Waals surface area (Å²) in [4.78, 5) is 12.8. The van der Waals surface area contributed by atoms with Gasteiger partial charge in [-0.05, 0) is 11.6 Å². The van der Waals surface area contributed by atoms with Crippen LogP contribution in [0.2, 0.25) is 0 Å². The molecule has 1 fully saturated rings. The van der Waals surface area contributed by atoms with Gasteiger partial charge >= 0.3 is 0 Å². The first-order valence-corrected chi connectivity index (χ1v) is 11.2. The number of nitrogens with zero attached hydrogens (tertiary/aromatic N) is 4. The summed E-state index contributed by atoms with van der Waals surface area (Å²) in [7, 11) is 0. The highest BCUT2D eigenvalue weighted by atomic mass is 16.6. The summed E-state index contributed by atoms with van der Waals surface area (Å²) in [5.41, 5.74) is 8.58. The molecule has 5 rings (SSSR count). The molecule has 11 heteroatoms. The van der Waals surface area contributed by atoms with Gasteiger partial charge in [-0.3, -0.25) is 4.57 Å². The summed E-state index contributed by atoms with van der Waals surface area (Å²) >= 11 is 0. The Kier molecular flexibility index (Phi) is 6.47. The first-order chi connectivity index (χ1) is 17.1. The maximum atomic E-state index is 10.6. The van der Waals surface area contributed by atoms with E-state index in [0.29, 0.717) is 36.0 Å². The van der Waals surface area contributed by atoms with Gasteiger partial charge in [-0.2, -0.15) is 0 Å². The molecule has 0 amide bonds. The normalized spacial score (nSPS) is 21.9. The Labute approximate surface area is 200 Å². The fraction of sp³-hybridized carbons (Fsp3) is 0.292. The van der Waals surface area contributed by atoms with E-state index in [1.54, 1.807) is 0 Å². The number of nitrogen functional groups attached to an aromatic ring is 1.